The summed E-state index contributed by atoms with van der Waals surface area (Å²) >= 11 is 0. The molecule has 0 bridgehead atoms. The van der Waals surface area contributed by atoms with E-state index < -0.39 is 16.1 Å². The summed E-state index contributed by atoms with van der Waals surface area (Å²) < 4.78 is 37.3. The van der Waals surface area contributed by atoms with E-state index in [2.05, 4.69) is 4.72 Å². The molecule has 9 heteroatoms. The molecule has 1 aliphatic rings. The van der Waals surface area contributed by atoms with E-state index in [-0.39, 0.29) is 24.0 Å². The fraction of sp³-hybridized carbons (Fsp3) is 0.562. The molecule has 2 N–H and O–H groups in total. The molecule has 0 radical (unpaired) electrons. The van der Waals surface area contributed by atoms with Crippen molar-refractivity contribution >= 4 is 15.9 Å². The molecular weight excluding hydrogens is 348 g/mol. The van der Waals surface area contributed by atoms with Crippen LogP contribution < -0.4 is 9.46 Å². The Morgan fingerprint density at radius 3 is 2.56 bits per heavy atom. The summed E-state index contributed by atoms with van der Waals surface area (Å²) in [7, 11) is -3.62. The smallest absolute Gasteiger partial charge is 0.263 e. The molecule has 0 saturated carbocycles. The number of nitrogens with zero attached hydrogens (tertiary/aromatic N) is 1. The SMILES string of the molecule is C[C@@H](Oc1ccc(S(=O)(=O)NCCCO)cc1)C(=O)N1CCOCC1. The number of aliphatic hydroxyl groups excluding tert-OH is 1. The quantitative estimate of drug-likeness (QED) is 0.621. The van der Waals surface area contributed by atoms with Crippen molar-refractivity contribution in [3.63, 3.8) is 0 Å². The van der Waals surface area contributed by atoms with Gasteiger partial charge in [0.15, 0.2) is 6.10 Å². The summed E-state index contributed by atoms with van der Waals surface area (Å²) in [5.41, 5.74) is 0. The van der Waals surface area contributed by atoms with E-state index in [4.69, 9.17) is 14.6 Å². The predicted octanol–water partition coefficient (Wildman–Crippen LogP) is -0.0266. The van der Waals surface area contributed by atoms with Gasteiger partial charge < -0.3 is 19.5 Å². The second kappa shape index (κ2) is 9.14. The Hall–Kier alpha value is -1.68. The number of rotatable bonds is 8. The molecular formula is C16H24N2O6S. The van der Waals surface area contributed by atoms with Gasteiger partial charge in [-0.2, -0.15) is 0 Å². The zero-order valence-electron chi connectivity index (χ0n) is 14.2. The van der Waals surface area contributed by atoms with E-state index in [0.29, 0.717) is 38.5 Å². The van der Waals surface area contributed by atoms with Crippen LogP contribution in [-0.4, -0.2) is 69.9 Å². The highest BCUT2D eigenvalue weighted by Crippen LogP contribution is 2.18. The van der Waals surface area contributed by atoms with Gasteiger partial charge >= 0.3 is 0 Å². The Labute approximate surface area is 147 Å². The maximum atomic E-state index is 12.3. The van der Waals surface area contributed by atoms with Gasteiger partial charge in [0.05, 0.1) is 18.1 Å². The van der Waals surface area contributed by atoms with Crippen molar-refractivity contribution in [3.8, 4) is 5.75 Å². The predicted molar refractivity (Wildman–Crippen MR) is 90.8 cm³/mol. The third kappa shape index (κ3) is 5.67. The third-order valence-corrected chi connectivity index (χ3v) is 5.22. The molecule has 1 aliphatic heterocycles. The number of benzene rings is 1. The molecule has 0 aliphatic carbocycles. The minimum atomic E-state index is -3.62. The number of aliphatic hydroxyl groups is 1. The highest BCUT2D eigenvalue weighted by Gasteiger charge is 2.24. The minimum Gasteiger partial charge on any atom is -0.481 e. The fourth-order valence-electron chi connectivity index (χ4n) is 2.36. The molecule has 140 valence electrons. The molecule has 2 rings (SSSR count). The summed E-state index contributed by atoms with van der Waals surface area (Å²) in [4.78, 5) is 14.1. The lowest BCUT2D eigenvalue weighted by Crippen LogP contribution is -2.46. The van der Waals surface area contributed by atoms with Gasteiger partial charge in [0.2, 0.25) is 10.0 Å². The topological polar surface area (TPSA) is 105 Å². The first kappa shape index (κ1) is 19.6. The molecule has 0 spiro atoms. The Kier molecular flexibility index (Phi) is 7.18. The zero-order valence-corrected chi connectivity index (χ0v) is 15.0. The molecule has 0 unspecified atom stereocenters. The number of carbonyl (C=O) groups is 1. The van der Waals surface area contributed by atoms with Gasteiger partial charge in [-0.15, -0.1) is 0 Å². The Balaban J connectivity index is 1.94. The standard InChI is InChI=1S/C16H24N2O6S/c1-13(16(20)18-8-11-23-12-9-18)24-14-3-5-15(6-4-14)25(21,22)17-7-2-10-19/h3-6,13,17,19H,2,7-12H2,1H3/t13-/m1/s1. The summed E-state index contributed by atoms with van der Waals surface area (Å²) in [5, 5.41) is 8.70. The molecule has 1 fully saturated rings. The molecule has 1 atom stereocenters. The lowest BCUT2D eigenvalue weighted by Gasteiger charge is -2.29. The molecule has 1 heterocycles. The van der Waals surface area contributed by atoms with Gasteiger partial charge in [-0.3, -0.25) is 4.79 Å². The van der Waals surface area contributed by atoms with E-state index in [1.54, 1.807) is 11.8 Å². The first-order valence-corrected chi connectivity index (χ1v) is 9.66. The summed E-state index contributed by atoms with van der Waals surface area (Å²) in [6.07, 6.45) is -0.315. The number of ether oxygens (including phenoxy) is 2. The van der Waals surface area contributed by atoms with E-state index in [1.165, 1.54) is 24.3 Å². The van der Waals surface area contributed by atoms with Crippen LogP contribution in [0.5, 0.6) is 5.75 Å². The Morgan fingerprint density at radius 2 is 1.96 bits per heavy atom. The second-order valence-electron chi connectivity index (χ2n) is 5.64. The van der Waals surface area contributed by atoms with Crippen LogP contribution in [0.4, 0.5) is 0 Å². The molecule has 0 aromatic heterocycles. The van der Waals surface area contributed by atoms with Gasteiger partial charge in [0.25, 0.3) is 5.91 Å². The normalized spacial score (nSPS) is 16.5. The van der Waals surface area contributed by atoms with Crippen molar-refractivity contribution in [1.29, 1.82) is 0 Å². The van der Waals surface area contributed by atoms with Gasteiger partial charge in [0.1, 0.15) is 5.75 Å². The second-order valence-corrected chi connectivity index (χ2v) is 7.41. The number of nitrogens with one attached hydrogen (secondary N) is 1. The highest BCUT2D eigenvalue weighted by atomic mass is 32.2. The van der Waals surface area contributed by atoms with Crippen LogP contribution in [-0.2, 0) is 19.6 Å². The molecule has 1 saturated heterocycles. The summed E-state index contributed by atoms with van der Waals surface area (Å²) in [5.74, 6) is 0.300. The van der Waals surface area contributed by atoms with Crippen LogP contribution in [0, 0.1) is 0 Å². The maximum Gasteiger partial charge on any atom is 0.263 e. The van der Waals surface area contributed by atoms with E-state index in [1.807, 2.05) is 0 Å². The number of hydrogen-bond acceptors (Lipinski definition) is 6. The van der Waals surface area contributed by atoms with Gasteiger partial charge in [-0.05, 0) is 37.6 Å². The van der Waals surface area contributed by atoms with Crippen molar-refractivity contribution < 1.29 is 27.8 Å². The zero-order chi connectivity index (χ0) is 18.3. The highest BCUT2D eigenvalue weighted by molar-refractivity contribution is 7.89. The summed E-state index contributed by atoms with van der Waals surface area (Å²) in [6, 6.07) is 5.87. The van der Waals surface area contributed by atoms with E-state index >= 15 is 0 Å². The molecule has 1 aromatic carbocycles. The van der Waals surface area contributed by atoms with E-state index in [9.17, 15) is 13.2 Å². The number of carbonyl (C=O) groups excluding carboxylic acids is 1. The molecule has 1 aromatic rings. The largest absolute Gasteiger partial charge is 0.481 e. The fourth-order valence-corrected chi connectivity index (χ4v) is 3.44. The summed E-state index contributed by atoms with van der Waals surface area (Å²) in [6.45, 7) is 3.89. The Bertz CT molecular complexity index is 656. The van der Waals surface area contributed by atoms with Crippen LogP contribution in [0.3, 0.4) is 0 Å². The van der Waals surface area contributed by atoms with Crippen LogP contribution >= 0.6 is 0 Å². The van der Waals surface area contributed by atoms with E-state index in [0.717, 1.165) is 0 Å². The monoisotopic (exact) mass is 372 g/mol. The van der Waals surface area contributed by atoms with Crippen molar-refractivity contribution in [2.75, 3.05) is 39.5 Å². The first-order chi connectivity index (χ1) is 11.9. The average Bonchev–Trinajstić information content (AvgIpc) is 2.62. The number of amides is 1. The molecule has 25 heavy (non-hydrogen) atoms. The lowest BCUT2D eigenvalue weighted by molar-refractivity contribution is -0.142. The Morgan fingerprint density at radius 1 is 1.32 bits per heavy atom. The van der Waals surface area contributed by atoms with Crippen molar-refractivity contribution in [2.24, 2.45) is 0 Å². The van der Waals surface area contributed by atoms with Crippen LogP contribution in [0.15, 0.2) is 29.2 Å². The minimum absolute atomic E-state index is 0.0790. The van der Waals surface area contributed by atoms with Gasteiger partial charge in [-0.1, -0.05) is 0 Å². The number of hydrogen-bond donors (Lipinski definition) is 2. The first-order valence-electron chi connectivity index (χ1n) is 8.18. The average molecular weight is 372 g/mol. The maximum absolute atomic E-state index is 12.3. The van der Waals surface area contributed by atoms with Crippen LogP contribution in [0.2, 0.25) is 0 Å². The van der Waals surface area contributed by atoms with Crippen molar-refractivity contribution in [3.05, 3.63) is 24.3 Å². The molecule has 8 nitrogen and oxygen atoms in total. The van der Waals surface area contributed by atoms with Crippen molar-refractivity contribution in [1.82, 2.24) is 9.62 Å². The lowest BCUT2D eigenvalue weighted by atomic mass is 10.3. The van der Waals surface area contributed by atoms with Crippen LogP contribution in [0.1, 0.15) is 13.3 Å². The third-order valence-electron chi connectivity index (χ3n) is 3.74. The van der Waals surface area contributed by atoms with Gasteiger partial charge in [-0.25, -0.2) is 13.1 Å². The number of sulfonamides is 1. The van der Waals surface area contributed by atoms with Gasteiger partial charge in [0, 0.05) is 26.2 Å². The van der Waals surface area contributed by atoms with Crippen molar-refractivity contribution in [2.45, 2.75) is 24.3 Å². The molecule has 1 amide bonds. The number of morpholine rings is 1. The van der Waals surface area contributed by atoms with Crippen LogP contribution in [0.25, 0.3) is 0 Å².